The van der Waals surface area contributed by atoms with Crippen LogP contribution in [-0.4, -0.2) is 38.9 Å². The molecule has 0 spiro atoms. The van der Waals surface area contributed by atoms with Crippen LogP contribution in [0.3, 0.4) is 0 Å². The van der Waals surface area contributed by atoms with Gasteiger partial charge in [0.2, 0.25) is 11.3 Å². The van der Waals surface area contributed by atoms with Gasteiger partial charge in [-0.2, -0.15) is 0 Å². The molecular weight excluding hydrogens is 346 g/mol. The van der Waals surface area contributed by atoms with Crippen LogP contribution < -0.4 is 5.73 Å². The number of nitrogens with zero attached hydrogens (tertiary/aromatic N) is 2. The maximum absolute atomic E-state index is 12.0. The lowest BCUT2D eigenvalue weighted by molar-refractivity contribution is -0.179. The number of carboxylic acid groups (broad SMARTS) is 1. The highest BCUT2D eigenvalue weighted by atomic mass is 35.5. The third kappa shape index (κ3) is 5.36. The molecule has 1 aromatic heterocycles. The number of hydrogen-bond acceptors (Lipinski definition) is 8. The van der Waals surface area contributed by atoms with Crippen LogP contribution >= 0.6 is 22.9 Å². The lowest BCUT2D eigenvalue weighted by Gasteiger charge is -2.26. The Kier molecular flexibility index (Phi) is 5.60. The molecular formula is C13H18ClN3O5S. The smallest absolute Gasteiger partial charge is 0.360 e. The number of esters is 1. The van der Waals surface area contributed by atoms with E-state index in [1.807, 2.05) is 0 Å². The van der Waals surface area contributed by atoms with E-state index in [-0.39, 0.29) is 15.2 Å². The second kappa shape index (κ2) is 6.71. The maximum Gasteiger partial charge on any atom is 0.360 e. The van der Waals surface area contributed by atoms with Gasteiger partial charge in [0.25, 0.3) is 0 Å². The van der Waals surface area contributed by atoms with E-state index >= 15 is 0 Å². The number of anilines is 1. The van der Waals surface area contributed by atoms with Crippen LogP contribution in [0.5, 0.6) is 0 Å². The number of rotatable bonds is 5. The van der Waals surface area contributed by atoms with E-state index < -0.39 is 28.9 Å². The normalized spacial score (nSPS) is 12.9. The molecule has 0 aliphatic heterocycles. The van der Waals surface area contributed by atoms with Crippen LogP contribution in [0.15, 0.2) is 5.16 Å². The number of carbonyl (C=O) groups is 2. The Bertz CT molecular complexity index is 649. The summed E-state index contributed by atoms with van der Waals surface area (Å²) in [6.45, 7) is 7.91. The van der Waals surface area contributed by atoms with E-state index in [0.29, 0.717) is 0 Å². The van der Waals surface area contributed by atoms with Gasteiger partial charge in [0.1, 0.15) is 15.6 Å². The molecule has 0 aliphatic carbocycles. The van der Waals surface area contributed by atoms with Crippen molar-refractivity contribution < 1.29 is 24.3 Å². The van der Waals surface area contributed by atoms with E-state index in [4.69, 9.17) is 26.9 Å². The van der Waals surface area contributed by atoms with Crippen molar-refractivity contribution in [2.75, 3.05) is 5.73 Å². The van der Waals surface area contributed by atoms with Gasteiger partial charge in [-0.15, -0.1) is 0 Å². The predicted octanol–water partition coefficient (Wildman–Crippen LogP) is 2.30. The number of nitrogen functional groups attached to an aromatic ring is 1. The van der Waals surface area contributed by atoms with Crippen LogP contribution in [0.25, 0.3) is 0 Å². The second-order valence-corrected chi connectivity index (χ2v) is 7.66. The average Bonchev–Trinajstić information content (AvgIpc) is 2.66. The molecule has 0 unspecified atom stereocenters. The fourth-order valence-corrected chi connectivity index (χ4v) is 2.17. The van der Waals surface area contributed by atoms with Crippen LogP contribution in [0.1, 0.15) is 40.3 Å². The summed E-state index contributed by atoms with van der Waals surface area (Å²) in [6.07, 6.45) is 0. The van der Waals surface area contributed by atoms with Crippen molar-refractivity contribution in [3.63, 3.8) is 0 Å². The zero-order chi connectivity index (χ0) is 18.0. The summed E-state index contributed by atoms with van der Waals surface area (Å²) in [7, 11) is 0. The van der Waals surface area contributed by atoms with E-state index in [0.717, 1.165) is 11.3 Å². The Morgan fingerprint density at radius 2 is 1.87 bits per heavy atom. The van der Waals surface area contributed by atoms with E-state index in [2.05, 4.69) is 10.1 Å². The maximum atomic E-state index is 12.0. The Balaban J connectivity index is 3.04. The molecule has 3 N–H and O–H groups in total. The summed E-state index contributed by atoms with van der Waals surface area (Å²) in [5, 5.41) is 12.8. The molecule has 8 nitrogen and oxygen atoms in total. The molecule has 0 saturated heterocycles. The summed E-state index contributed by atoms with van der Waals surface area (Å²) >= 11 is 6.77. The first-order chi connectivity index (χ1) is 10.3. The minimum absolute atomic E-state index is 0.0577. The lowest BCUT2D eigenvalue weighted by atomic mass is 10.1. The van der Waals surface area contributed by atoms with Gasteiger partial charge in [0.15, 0.2) is 5.13 Å². The number of halogens is 1. The summed E-state index contributed by atoms with van der Waals surface area (Å²) in [6, 6.07) is 0. The standard InChI is InChI=1S/C13H18ClN3O5S/c1-12(2,3)21-10(20)13(4,5)22-17-7(9(18)19)6-8(14)23-11(15)16-6/h1-5H3,(H2,15,16)(H,18,19)/b17-7-. The predicted molar refractivity (Wildman–Crippen MR) is 86.7 cm³/mol. The van der Waals surface area contributed by atoms with Crippen molar-refractivity contribution in [3.05, 3.63) is 10.0 Å². The molecule has 0 aliphatic rings. The fraction of sp³-hybridized carbons (Fsp3) is 0.538. The van der Waals surface area contributed by atoms with Crippen LogP contribution in [0.4, 0.5) is 5.13 Å². The second-order valence-electron chi connectivity index (χ2n) is 6.02. The molecule has 0 aromatic carbocycles. The molecule has 1 aromatic rings. The van der Waals surface area contributed by atoms with Gasteiger partial charge in [0.05, 0.1) is 0 Å². The average molecular weight is 364 g/mol. The molecule has 23 heavy (non-hydrogen) atoms. The van der Waals surface area contributed by atoms with Crippen LogP contribution in [0, 0.1) is 0 Å². The molecule has 0 saturated carbocycles. The largest absolute Gasteiger partial charge is 0.476 e. The van der Waals surface area contributed by atoms with Gasteiger partial charge in [-0.05, 0) is 34.6 Å². The van der Waals surface area contributed by atoms with Crippen molar-refractivity contribution in [1.29, 1.82) is 0 Å². The summed E-state index contributed by atoms with van der Waals surface area (Å²) in [5.74, 6) is -2.11. The van der Waals surface area contributed by atoms with Crippen LogP contribution in [0.2, 0.25) is 4.34 Å². The number of carboxylic acids is 1. The Morgan fingerprint density at radius 1 is 1.30 bits per heavy atom. The highest BCUT2D eigenvalue weighted by Gasteiger charge is 2.36. The number of oxime groups is 1. The first-order valence-corrected chi connectivity index (χ1v) is 7.68. The zero-order valence-corrected chi connectivity index (χ0v) is 14.9. The SMILES string of the molecule is CC(C)(C)OC(=O)C(C)(C)O/N=C(\C(=O)O)c1nc(N)sc1Cl. The number of nitrogens with two attached hydrogens (primary N) is 1. The van der Waals surface area contributed by atoms with E-state index in [1.54, 1.807) is 20.8 Å². The van der Waals surface area contributed by atoms with Gasteiger partial charge in [-0.1, -0.05) is 28.1 Å². The van der Waals surface area contributed by atoms with Crippen molar-refractivity contribution in [2.24, 2.45) is 5.16 Å². The van der Waals surface area contributed by atoms with E-state index in [1.165, 1.54) is 13.8 Å². The molecule has 1 rings (SSSR count). The van der Waals surface area contributed by atoms with Gasteiger partial charge < -0.3 is 20.4 Å². The number of aromatic nitrogens is 1. The first-order valence-electron chi connectivity index (χ1n) is 6.48. The Morgan fingerprint density at radius 3 is 2.26 bits per heavy atom. The number of carbonyl (C=O) groups excluding carboxylic acids is 1. The van der Waals surface area contributed by atoms with Crippen molar-refractivity contribution in [3.8, 4) is 0 Å². The summed E-state index contributed by atoms with van der Waals surface area (Å²) in [5.41, 5.74) is 2.58. The molecule has 0 radical (unpaired) electrons. The van der Waals surface area contributed by atoms with Gasteiger partial charge in [-0.3, -0.25) is 0 Å². The molecule has 0 bridgehead atoms. The van der Waals surface area contributed by atoms with Gasteiger partial charge >= 0.3 is 11.9 Å². The minimum atomic E-state index is -1.50. The third-order valence-corrected chi connectivity index (χ3v) is 3.37. The molecule has 1 heterocycles. The Labute approximate surface area is 142 Å². The number of thiazole rings is 1. The highest BCUT2D eigenvalue weighted by molar-refractivity contribution is 7.19. The third-order valence-electron chi connectivity index (χ3n) is 2.28. The quantitative estimate of drug-likeness (QED) is 0.467. The highest BCUT2D eigenvalue weighted by Crippen LogP contribution is 2.27. The van der Waals surface area contributed by atoms with E-state index in [9.17, 15) is 14.7 Å². The molecule has 0 amide bonds. The fourth-order valence-electron chi connectivity index (χ4n) is 1.24. The van der Waals surface area contributed by atoms with Gasteiger partial charge in [0, 0.05) is 0 Å². The van der Waals surface area contributed by atoms with Gasteiger partial charge in [-0.25, -0.2) is 14.6 Å². The minimum Gasteiger partial charge on any atom is -0.476 e. The van der Waals surface area contributed by atoms with Crippen molar-refractivity contribution in [1.82, 2.24) is 4.98 Å². The first kappa shape index (κ1) is 19.2. The molecule has 0 atom stereocenters. The molecule has 0 fully saturated rings. The summed E-state index contributed by atoms with van der Waals surface area (Å²) < 4.78 is 5.25. The topological polar surface area (TPSA) is 124 Å². The van der Waals surface area contributed by atoms with Crippen molar-refractivity contribution in [2.45, 2.75) is 45.8 Å². The lowest BCUT2D eigenvalue weighted by Crippen LogP contribution is -2.40. The zero-order valence-electron chi connectivity index (χ0n) is 13.3. The van der Waals surface area contributed by atoms with Crippen molar-refractivity contribution >= 4 is 45.7 Å². The monoisotopic (exact) mass is 363 g/mol. The number of aliphatic carboxylic acids is 1. The number of ether oxygens (including phenoxy) is 1. The molecule has 10 heteroatoms. The molecule has 128 valence electrons. The van der Waals surface area contributed by atoms with Crippen LogP contribution in [-0.2, 0) is 19.2 Å². The summed E-state index contributed by atoms with van der Waals surface area (Å²) in [4.78, 5) is 32.2. The Hall–Kier alpha value is -1.87. The number of hydrogen-bond donors (Lipinski definition) is 2.